The first-order valence-corrected chi connectivity index (χ1v) is 6.47. The number of amides is 2. The highest BCUT2D eigenvalue weighted by Crippen LogP contribution is 2.28. The summed E-state index contributed by atoms with van der Waals surface area (Å²) in [6, 6.07) is 3.05. The van der Waals surface area contributed by atoms with Crippen LogP contribution in [0.2, 0.25) is 0 Å². The van der Waals surface area contributed by atoms with Gasteiger partial charge in [0.05, 0.1) is 5.69 Å². The van der Waals surface area contributed by atoms with E-state index in [1.54, 1.807) is 7.05 Å². The normalized spacial score (nSPS) is 18.5. The lowest BCUT2D eigenvalue weighted by atomic mass is 10.1. The Bertz CT molecular complexity index is 548. The van der Waals surface area contributed by atoms with E-state index in [9.17, 15) is 18.4 Å². The molecule has 1 atom stereocenters. The standard InChI is InChI=1S/C14H16F2N2O2/c1-3-17(2)13(19)10-6-7-18(14(10)20)12-5-4-9(15)8-11(12)16/h4-5,8,10H,3,6-7H2,1-2H3. The van der Waals surface area contributed by atoms with E-state index in [2.05, 4.69) is 0 Å². The molecule has 0 radical (unpaired) electrons. The van der Waals surface area contributed by atoms with Gasteiger partial charge in [-0.15, -0.1) is 0 Å². The Labute approximate surface area is 116 Å². The first-order valence-electron chi connectivity index (χ1n) is 6.47. The molecule has 1 fully saturated rings. The molecule has 0 N–H and O–H groups in total. The van der Waals surface area contributed by atoms with E-state index in [-0.39, 0.29) is 18.1 Å². The minimum atomic E-state index is -0.796. The van der Waals surface area contributed by atoms with Crippen LogP contribution in [0.1, 0.15) is 13.3 Å². The Morgan fingerprint density at radius 3 is 2.75 bits per heavy atom. The number of halogens is 2. The van der Waals surface area contributed by atoms with Crippen molar-refractivity contribution in [2.45, 2.75) is 13.3 Å². The molecule has 1 aliphatic rings. The number of carbonyl (C=O) groups excluding carboxylic acids is 2. The first kappa shape index (κ1) is 14.4. The Balaban J connectivity index is 2.21. The average molecular weight is 282 g/mol. The average Bonchev–Trinajstić information content (AvgIpc) is 2.79. The van der Waals surface area contributed by atoms with E-state index in [4.69, 9.17) is 0 Å². The fraction of sp³-hybridized carbons (Fsp3) is 0.429. The second-order valence-corrected chi connectivity index (χ2v) is 4.78. The van der Waals surface area contributed by atoms with Crippen LogP contribution in [0.3, 0.4) is 0 Å². The molecule has 1 unspecified atom stereocenters. The molecule has 6 heteroatoms. The van der Waals surface area contributed by atoms with Crippen molar-refractivity contribution < 1.29 is 18.4 Å². The lowest BCUT2D eigenvalue weighted by Gasteiger charge is -2.20. The molecule has 20 heavy (non-hydrogen) atoms. The van der Waals surface area contributed by atoms with E-state index in [0.29, 0.717) is 13.0 Å². The van der Waals surface area contributed by atoms with Crippen LogP contribution in [0.4, 0.5) is 14.5 Å². The molecule has 0 aromatic heterocycles. The largest absolute Gasteiger partial charge is 0.345 e. The topological polar surface area (TPSA) is 40.6 Å². The van der Waals surface area contributed by atoms with Gasteiger partial charge in [-0.1, -0.05) is 0 Å². The Kier molecular flexibility index (Phi) is 4.01. The molecule has 1 heterocycles. The maximum Gasteiger partial charge on any atom is 0.239 e. The van der Waals surface area contributed by atoms with Crippen LogP contribution in [0, 0.1) is 17.6 Å². The SMILES string of the molecule is CCN(C)C(=O)C1CCN(c2ccc(F)cc2F)C1=O. The second-order valence-electron chi connectivity index (χ2n) is 4.78. The zero-order valence-corrected chi connectivity index (χ0v) is 11.4. The van der Waals surface area contributed by atoms with Crippen LogP contribution >= 0.6 is 0 Å². The van der Waals surface area contributed by atoms with Crippen LogP contribution in [-0.2, 0) is 9.59 Å². The molecule has 0 saturated carbocycles. The van der Waals surface area contributed by atoms with Gasteiger partial charge in [-0.3, -0.25) is 9.59 Å². The molecule has 0 spiro atoms. The van der Waals surface area contributed by atoms with Crippen molar-refractivity contribution in [3.05, 3.63) is 29.8 Å². The third-order valence-electron chi connectivity index (χ3n) is 3.55. The fourth-order valence-electron chi connectivity index (χ4n) is 2.27. The third-order valence-corrected chi connectivity index (χ3v) is 3.55. The summed E-state index contributed by atoms with van der Waals surface area (Å²) >= 11 is 0. The molecule has 4 nitrogen and oxygen atoms in total. The lowest BCUT2D eigenvalue weighted by molar-refractivity contribution is -0.138. The summed E-state index contributed by atoms with van der Waals surface area (Å²) in [5.41, 5.74) is 0.0193. The lowest BCUT2D eigenvalue weighted by Crippen LogP contribution is -2.38. The van der Waals surface area contributed by atoms with Crippen LogP contribution < -0.4 is 4.90 Å². The molecule has 108 valence electrons. The maximum absolute atomic E-state index is 13.7. The van der Waals surface area contributed by atoms with Crippen molar-refractivity contribution in [3.63, 3.8) is 0 Å². The number of rotatable bonds is 3. The summed E-state index contributed by atoms with van der Waals surface area (Å²) in [6.07, 6.45) is 0.346. The molecule has 0 bridgehead atoms. The van der Waals surface area contributed by atoms with E-state index >= 15 is 0 Å². The zero-order valence-electron chi connectivity index (χ0n) is 11.4. The Hall–Kier alpha value is -1.98. The molecule has 1 aromatic carbocycles. The molecule has 0 aliphatic carbocycles. The third kappa shape index (κ3) is 2.50. The summed E-state index contributed by atoms with van der Waals surface area (Å²) < 4.78 is 26.6. The van der Waals surface area contributed by atoms with Gasteiger partial charge in [-0.05, 0) is 25.5 Å². The van der Waals surface area contributed by atoms with Gasteiger partial charge < -0.3 is 9.80 Å². The molecular formula is C14H16F2N2O2. The number of benzene rings is 1. The minimum Gasteiger partial charge on any atom is -0.345 e. The predicted molar refractivity (Wildman–Crippen MR) is 70.1 cm³/mol. The summed E-state index contributed by atoms with van der Waals surface area (Å²) in [7, 11) is 1.62. The van der Waals surface area contributed by atoms with Crippen LogP contribution in [0.5, 0.6) is 0 Å². The summed E-state index contributed by atoms with van der Waals surface area (Å²) in [4.78, 5) is 26.9. The molecule has 2 amide bonds. The van der Waals surface area contributed by atoms with E-state index < -0.39 is 23.5 Å². The van der Waals surface area contributed by atoms with Gasteiger partial charge in [0, 0.05) is 26.2 Å². The highest BCUT2D eigenvalue weighted by Gasteiger charge is 2.39. The maximum atomic E-state index is 13.7. The molecule has 2 rings (SSSR count). The van der Waals surface area contributed by atoms with Crippen molar-refractivity contribution in [1.82, 2.24) is 4.90 Å². The molecule has 1 aromatic rings. The number of carbonyl (C=O) groups is 2. The molecule has 1 aliphatic heterocycles. The van der Waals surface area contributed by atoms with Crippen molar-refractivity contribution in [2.24, 2.45) is 5.92 Å². The van der Waals surface area contributed by atoms with Gasteiger partial charge >= 0.3 is 0 Å². The second kappa shape index (κ2) is 5.56. The van der Waals surface area contributed by atoms with Crippen LogP contribution in [0.25, 0.3) is 0 Å². The van der Waals surface area contributed by atoms with E-state index in [1.165, 1.54) is 15.9 Å². The van der Waals surface area contributed by atoms with E-state index in [1.807, 2.05) is 6.92 Å². The van der Waals surface area contributed by atoms with Gasteiger partial charge in [-0.25, -0.2) is 8.78 Å². The summed E-state index contributed by atoms with van der Waals surface area (Å²) in [5.74, 6) is -2.96. The number of hydrogen-bond acceptors (Lipinski definition) is 2. The van der Waals surface area contributed by atoms with Gasteiger partial charge in [0.25, 0.3) is 0 Å². The minimum absolute atomic E-state index is 0.0193. The number of nitrogens with zero attached hydrogens (tertiary/aromatic N) is 2. The monoisotopic (exact) mass is 282 g/mol. The zero-order chi connectivity index (χ0) is 14.9. The highest BCUT2D eigenvalue weighted by molar-refractivity contribution is 6.09. The van der Waals surface area contributed by atoms with Gasteiger partial charge in [0.15, 0.2) is 0 Å². The van der Waals surface area contributed by atoms with Crippen molar-refractivity contribution in [1.29, 1.82) is 0 Å². The summed E-state index contributed by atoms with van der Waals surface area (Å²) in [6.45, 7) is 2.58. The summed E-state index contributed by atoms with van der Waals surface area (Å²) in [5, 5.41) is 0. The van der Waals surface area contributed by atoms with Crippen molar-refractivity contribution >= 4 is 17.5 Å². The quantitative estimate of drug-likeness (QED) is 0.793. The predicted octanol–water partition coefficient (Wildman–Crippen LogP) is 1.80. The van der Waals surface area contributed by atoms with Crippen LogP contribution in [0.15, 0.2) is 18.2 Å². The number of anilines is 1. The first-order chi connectivity index (χ1) is 9.45. The van der Waals surface area contributed by atoms with Gasteiger partial charge in [-0.2, -0.15) is 0 Å². The molecule has 1 saturated heterocycles. The van der Waals surface area contributed by atoms with Crippen LogP contribution in [-0.4, -0.2) is 36.9 Å². The highest BCUT2D eigenvalue weighted by atomic mass is 19.1. The van der Waals surface area contributed by atoms with Gasteiger partial charge in [0.1, 0.15) is 17.6 Å². The Morgan fingerprint density at radius 2 is 2.15 bits per heavy atom. The molecular weight excluding hydrogens is 266 g/mol. The fourth-order valence-corrected chi connectivity index (χ4v) is 2.27. The van der Waals surface area contributed by atoms with Gasteiger partial charge in [0.2, 0.25) is 11.8 Å². The van der Waals surface area contributed by atoms with Crippen molar-refractivity contribution in [2.75, 3.05) is 25.0 Å². The Morgan fingerprint density at radius 1 is 1.45 bits per heavy atom. The van der Waals surface area contributed by atoms with E-state index in [0.717, 1.165) is 12.1 Å². The number of hydrogen-bond donors (Lipinski definition) is 0. The van der Waals surface area contributed by atoms with Crippen molar-refractivity contribution in [3.8, 4) is 0 Å². The smallest absolute Gasteiger partial charge is 0.239 e.